The van der Waals surface area contributed by atoms with Gasteiger partial charge in [-0.15, -0.1) is 0 Å². The number of allylic oxidation sites excluding steroid dienone is 1. The van der Waals surface area contributed by atoms with Crippen molar-refractivity contribution in [2.75, 3.05) is 19.0 Å². The Bertz CT molecular complexity index is 1100. The van der Waals surface area contributed by atoms with Gasteiger partial charge in [0, 0.05) is 24.8 Å². The minimum Gasteiger partial charge on any atom is -0.497 e. The molecule has 2 atom stereocenters. The van der Waals surface area contributed by atoms with Crippen LogP contribution in [0, 0.1) is 5.92 Å². The summed E-state index contributed by atoms with van der Waals surface area (Å²) in [5, 5.41) is 12.9. The predicted molar refractivity (Wildman–Crippen MR) is 116 cm³/mol. The third-order valence-electron chi connectivity index (χ3n) is 5.51. The lowest BCUT2D eigenvalue weighted by atomic mass is 10.1. The number of hydrogen-bond donors (Lipinski definition) is 2. The fourth-order valence-corrected chi connectivity index (χ4v) is 3.64. The van der Waals surface area contributed by atoms with Crippen LogP contribution in [0.3, 0.4) is 0 Å². The highest BCUT2D eigenvalue weighted by Crippen LogP contribution is 2.33. The molecule has 8 heteroatoms. The van der Waals surface area contributed by atoms with Crippen molar-refractivity contribution < 1.29 is 9.84 Å². The average Bonchev–Trinajstić information content (AvgIpc) is 3.29. The smallest absolute Gasteiger partial charge is 0.253 e. The summed E-state index contributed by atoms with van der Waals surface area (Å²) in [5.74, 6) is 2.09. The van der Waals surface area contributed by atoms with Gasteiger partial charge in [0.2, 0.25) is 0 Å². The van der Waals surface area contributed by atoms with Crippen LogP contribution in [-0.4, -0.2) is 50.6 Å². The molecule has 0 amide bonds. The number of aliphatic hydroxyl groups excluding tert-OH is 1. The van der Waals surface area contributed by atoms with E-state index in [-0.39, 0.29) is 18.6 Å². The van der Waals surface area contributed by atoms with Gasteiger partial charge in [-0.2, -0.15) is 9.97 Å². The van der Waals surface area contributed by atoms with Gasteiger partial charge in [0.15, 0.2) is 17.0 Å². The first kappa shape index (κ1) is 18.7. The van der Waals surface area contributed by atoms with E-state index in [1.807, 2.05) is 35.2 Å². The third-order valence-corrected chi connectivity index (χ3v) is 5.51. The second kappa shape index (κ2) is 7.87. The molecule has 2 heterocycles. The molecule has 0 spiro atoms. The van der Waals surface area contributed by atoms with Gasteiger partial charge in [0.1, 0.15) is 5.75 Å². The molecule has 0 bridgehead atoms. The number of nitrogens with one attached hydrogen (secondary N) is 1. The number of methoxy groups -OCH3 is 1. The molecule has 2 aromatic heterocycles. The van der Waals surface area contributed by atoms with Crippen LogP contribution in [0.5, 0.6) is 5.75 Å². The second-order valence-electron chi connectivity index (χ2n) is 7.78. The molecule has 0 radical (unpaired) electrons. The molecule has 1 aromatic carbocycles. The summed E-state index contributed by atoms with van der Waals surface area (Å²) in [6.45, 7) is 0.153. The Morgan fingerprint density at radius 2 is 2.07 bits per heavy atom. The predicted octanol–water partition coefficient (Wildman–Crippen LogP) is 3.27. The molecule has 30 heavy (non-hydrogen) atoms. The van der Waals surface area contributed by atoms with E-state index in [0.29, 0.717) is 12.0 Å². The number of rotatable bonds is 7. The van der Waals surface area contributed by atoms with Crippen LogP contribution >= 0.6 is 0 Å². The number of aliphatic imine (C=N–C) groups is 1. The number of ether oxygens (including phenoxy) is 1. The maximum absolute atomic E-state index is 9.46. The highest BCUT2D eigenvalue weighted by Gasteiger charge is 2.26. The third kappa shape index (κ3) is 3.78. The van der Waals surface area contributed by atoms with E-state index >= 15 is 0 Å². The van der Waals surface area contributed by atoms with Crippen LogP contribution in [0.15, 0.2) is 47.7 Å². The largest absolute Gasteiger partial charge is 0.497 e. The van der Waals surface area contributed by atoms with Crippen LogP contribution in [-0.2, 0) is 0 Å². The lowest BCUT2D eigenvalue weighted by molar-refractivity contribution is 0.244. The van der Waals surface area contributed by atoms with E-state index < -0.39 is 0 Å². The molecule has 2 unspecified atom stereocenters. The Morgan fingerprint density at radius 3 is 2.77 bits per heavy atom. The first-order chi connectivity index (χ1) is 14.7. The van der Waals surface area contributed by atoms with E-state index in [4.69, 9.17) is 9.72 Å². The van der Waals surface area contributed by atoms with E-state index in [1.165, 1.54) is 0 Å². The topological polar surface area (TPSA) is 97.5 Å². The number of aromatic nitrogens is 4. The van der Waals surface area contributed by atoms with Crippen molar-refractivity contribution in [3.05, 3.63) is 48.3 Å². The molecule has 2 aliphatic carbocycles. The molecule has 154 valence electrons. The van der Waals surface area contributed by atoms with Crippen molar-refractivity contribution in [1.82, 2.24) is 19.5 Å². The number of benzene rings is 1. The normalized spacial score (nSPS) is 21.0. The first-order valence-corrected chi connectivity index (χ1v) is 10.2. The van der Waals surface area contributed by atoms with E-state index in [9.17, 15) is 5.11 Å². The van der Waals surface area contributed by atoms with E-state index in [0.717, 1.165) is 47.6 Å². The van der Waals surface area contributed by atoms with Crippen LogP contribution in [0.1, 0.15) is 30.9 Å². The monoisotopic (exact) mass is 404 g/mol. The molecule has 2 N–H and O–H groups in total. The first-order valence-electron chi connectivity index (χ1n) is 10.2. The van der Waals surface area contributed by atoms with Crippen molar-refractivity contribution in [2.24, 2.45) is 10.9 Å². The summed E-state index contributed by atoms with van der Waals surface area (Å²) < 4.78 is 7.25. The van der Waals surface area contributed by atoms with Gasteiger partial charge in [0.25, 0.3) is 5.95 Å². The Morgan fingerprint density at radius 1 is 1.23 bits per heavy atom. The van der Waals surface area contributed by atoms with Gasteiger partial charge in [-0.3, -0.25) is 0 Å². The highest BCUT2D eigenvalue weighted by atomic mass is 16.5. The van der Waals surface area contributed by atoms with Crippen molar-refractivity contribution in [3.8, 4) is 5.75 Å². The molecule has 8 nitrogen and oxygen atoms in total. The van der Waals surface area contributed by atoms with Crippen LogP contribution < -0.4 is 10.1 Å². The van der Waals surface area contributed by atoms with E-state index in [1.54, 1.807) is 13.3 Å². The Labute approximate surface area is 174 Å². The number of nitrogens with zero attached hydrogens (tertiary/aromatic N) is 5. The summed E-state index contributed by atoms with van der Waals surface area (Å²) in [4.78, 5) is 18.4. The number of hydrogen-bond acceptors (Lipinski definition) is 7. The fraction of sp³-hybridized carbons (Fsp3) is 0.364. The maximum atomic E-state index is 9.46. The minimum atomic E-state index is 0.120. The van der Waals surface area contributed by atoms with Gasteiger partial charge >= 0.3 is 0 Å². The van der Waals surface area contributed by atoms with Crippen LogP contribution in [0.25, 0.3) is 11.2 Å². The van der Waals surface area contributed by atoms with Crippen LogP contribution in [0.2, 0.25) is 0 Å². The maximum Gasteiger partial charge on any atom is 0.253 e. The minimum absolute atomic E-state index is 0.120. The molecule has 0 saturated heterocycles. The molecule has 1 saturated carbocycles. The van der Waals surface area contributed by atoms with Crippen molar-refractivity contribution in [1.29, 1.82) is 0 Å². The summed E-state index contributed by atoms with van der Waals surface area (Å²) in [6.07, 6.45) is 10.8. The Hall–Kier alpha value is -3.26. The molecule has 3 aromatic rings. The zero-order chi connectivity index (χ0) is 20.5. The zero-order valence-corrected chi connectivity index (χ0v) is 16.8. The van der Waals surface area contributed by atoms with E-state index in [2.05, 4.69) is 32.4 Å². The number of imidazole rings is 1. The molecular formula is C22H24N6O2. The van der Waals surface area contributed by atoms with Gasteiger partial charge in [-0.1, -0.05) is 12.2 Å². The summed E-state index contributed by atoms with van der Waals surface area (Å²) in [7, 11) is 1.64. The van der Waals surface area contributed by atoms with Crippen molar-refractivity contribution in [2.45, 2.75) is 31.3 Å². The standard InChI is InChI=1S/C22H24N6O2/c1-30-18-8-3-14(4-9-18)11-23-22-26-20(25-16-5-6-16)19-21(27-22)28(13-24-19)17-7-2-15(10-17)12-29/h2-4,7-9,11,13,15-17,29H,5-6,10,12H2,1H3,(H,25,26,27)/b23-11+. The van der Waals surface area contributed by atoms with Gasteiger partial charge in [-0.05, 0) is 49.1 Å². The number of fused-ring (bicyclic) bond motifs is 1. The van der Waals surface area contributed by atoms with Crippen molar-refractivity contribution >= 4 is 29.1 Å². The van der Waals surface area contributed by atoms with Crippen LogP contribution in [0.4, 0.5) is 11.8 Å². The lowest BCUT2D eigenvalue weighted by Gasteiger charge is -2.13. The van der Waals surface area contributed by atoms with Gasteiger partial charge in [-0.25, -0.2) is 9.98 Å². The number of anilines is 1. The quantitative estimate of drug-likeness (QED) is 0.463. The SMILES string of the molecule is COc1ccc(/C=N/c2nc(NC3CC3)c3ncn(C4C=CC(CO)C4)c3n2)cc1. The second-order valence-corrected chi connectivity index (χ2v) is 7.78. The molecule has 2 aliphatic rings. The Balaban J connectivity index is 1.50. The summed E-state index contributed by atoms with van der Waals surface area (Å²) in [5.41, 5.74) is 2.45. The molecule has 0 aliphatic heterocycles. The van der Waals surface area contributed by atoms with Gasteiger partial charge < -0.3 is 19.7 Å². The summed E-state index contributed by atoms with van der Waals surface area (Å²) in [6, 6.07) is 8.22. The molecule has 5 rings (SSSR count). The average molecular weight is 404 g/mol. The van der Waals surface area contributed by atoms with Gasteiger partial charge in [0.05, 0.1) is 19.5 Å². The fourth-order valence-electron chi connectivity index (χ4n) is 3.64. The lowest BCUT2D eigenvalue weighted by Crippen LogP contribution is -2.09. The molecular weight excluding hydrogens is 380 g/mol. The highest BCUT2D eigenvalue weighted by molar-refractivity contribution is 5.86. The zero-order valence-electron chi connectivity index (χ0n) is 16.8. The summed E-state index contributed by atoms with van der Waals surface area (Å²) >= 11 is 0. The molecule has 1 fully saturated rings. The number of aliphatic hydroxyl groups is 1. The Kier molecular flexibility index (Phi) is 4.92. The van der Waals surface area contributed by atoms with Crippen molar-refractivity contribution in [3.63, 3.8) is 0 Å².